The highest BCUT2D eigenvalue weighted by atomic mass is 32.1. The molecule has 0 aliphatic carbocycles. The lowest BCUT2D eigenvalue weighted by molar-refractivity contribution is -0.389. The van der Waals surface area contributed by atoms with Crippen molar-refractivity contribution in [3.63, 3.8) is 0 Å². The number of aromatic nitrogens is 3. The molecule has 0 fully saturated rings. The maximum absolute atomic E-state index is 12.6. The van der Waals surface area contributed by atoms with E-state index < -0.39 is 11.0 Å². The average molecular weight is 421 g/mol. The molecule has 0 radical (unpaired) electrons. The van der Waals surface area contributed by atoms with E-state index in [9.17, 15) is 14.9 Å². The number of anilines is 1. The van der Waals surface area contributed by atoms with Crippen molar-refractivity contribution in [2.45, 2.75) is 26.8 Å². The Morgan fingerprint density at radius 2 is 1.90 bits per heavy atom. The van der Waals surface area contributed by atoms with E-state index in [1.807, 2.05) is 36.4 Å². The van der Waals surface area contributed by atoms with E-state index >= 15 is 0 Å². The van der Waals surface area contributed by atoms with Crippen LogP contribution in [0.2, 0.25) is 0 Å². The molecule has 1 unspecified atom stereocenters. The molecule has 9 heteroatoms. The summed E-state index contributed by atoms with van der Waals surface area (Å²) in [7, 11) is 0. The van der Waals surface area contributed by atoms with Gasteiger partial charge in [-0.1, -0.05) is 6.07 Å². The molecule has 4 aromatic rings. The highest BCUT2D eigenvalue weighted by Crippen LogP contribution is 2.31. The first-order chi connectivity index (χ1) is 14.3. The third kappa shape index (κ3) is 3.79. The molecule has 152 valence electrons. The molecule has 0 spiro atoms. The number of nitro groups is 1. The molecule has 2 heterocycles. The Bertz CT molecular complexity index is 1260. The van der Waals surface area contributed by atoms with Crippen LogP contribution in [0.3, 0.4) is 0 Å². The smallest absolute Gasteiger partial charge is 0.358 e. The number of amides is 1. The van der Waals surface area contributed by atoms with Gasteiger partial charge in [-0.25, -0.2) is 4.98 Å². The van der Waals surface area contributed by atoms with Crippen molar-refractivity contribution in [2.75, 3.05) is 5.32 Å². The predicted octanol–water partition coefficient (Wildman–Crippen LogP) is 4.88. The van der Waals surface area contributed by atoms with Gasteiger partial charge in [0.05, 0.1) is 27.1 Å². The van der Waals surface area contributed by atoms with Gasteiger partial charge in [-0.2, -0.15) is 4.68 Å². The average Bonchev–Trinajstić information content (AvgIpc) is 3.31. The molecule has 30 heavy (non-hydrogen) atoms. The van der Waals surface area contributed by atoms with Crippen LogP contribution in [0.1, 0.15) is 24.2 Å². The molecule has 1 amide bonds. The fraction of sp³-hybridized carbons (Fsp3) is 0.190. The Balaban J connectivity index is 1.50. The molecular weight excluding hydrogens is 402 g/mol. The summed E-state index contributed by atoms with van der Waals surface area (Å²) in [6, 6.07) is 14.3. The van der Waals surface area contributed by atoms with Crippen LogP contribution in [-0.2, 0) is 4.79 Å². The molecule has 4 rings (SSSR count). The number of carbonyl (C=O) groups is 1. The molecule has 1 atom stereocenters. The maximum atomic E-state index is 12.6. The van der Waals surface area contributed by atoms with Gasteiger partial charge in [0.15, 0.2) is 0 Å². The van der Waals surface area contributed by atoms with E-state index in [1.54, 1.807) is 25.2 Å². The second kappa shape index (κ2) is 7.68. The third-order valence-corrected chi connectivity index (χ3v) is 5.85. The van der Waals surface area contributed by atoms with Crippen LogP contribution < -0.4 is 5.32 Å². The number of nitrogens with one attached hydrogen (secondary N) is 1. The Kier molecular flexibility index (Phi) is 5.04. The summed E-state index contributed by atoms with van der Waals surface area (Å²) in [5, 5.41) is 18.5. The van der Waals surface area contributed by atoms with Crippen LogP contribution in [0, 0.1) is 24.0 Å². The third-order valence-electron chi connectivity index (χ3n) is 4.79. The molecule has 2 aromatic heterocycles. The van der Waals surface area contributed by atoms with Gasteiger partial charge in [0, 0.05) is 11.3 Å². The summed E-state index contributed by atoms with van der Waals surface area (Å²) in [6.45, 7) is 5.38. The summed E-state index contributed by atoms with van der Waals surface area (Å²) in [5.74, 6) is -0.582. The molecule has 0 aliphatic rings. The summed E-state index contributed by atoms with van der Waals surface area (Å²) in [4.78, 5) is 27.6. The van der Waals surface area contributed by atoms with Gasteiger partial charge in [0.25, 0.3) is 5.91 Å². The minimum Gasteiger partial charge on any atom is -0.358 e. The molecule has 1 N–H and O–H groups in total. The second-order valence-electron chi connectivity index (χ2n) is 7.08. The van der Waals surface area contributed by atoms with Crippen LogP contribution in [0.5, 0.6) is 0 Å². The van der Waals surface area contributed by atoms with Crippen LogP contribution in [0.15, 0.2) is 48.5 Å². The largest absolute Gasteiger partial charge is 0.390 e. The summed E-state index contributed by atoms with van der Waals surface area (Å²) in [6.07, 6.45) is 0. The zero-order valence-corrected chi connectivity index (χ0v) is 17.4. The number of thiazole rings is 1. The Hall–Kier alpha value is -3.59. The van der Waals surface area contributed by atoms with E-state index in [4.69, 9.17) is 0 Å². The van der Waals surface area contributed by atoms with Crippen molar-refractivity contribution < 1.29 is 9.72 Å². The lowest BCUT2D eigenvalue weighted by atomic mass is 10.2. The first-order valence-electron chi connectivity index (χ1n) is 9.31. The highest BCUT2D eigenvalue weighted by molar-refractivity contribution is 7.21. The van der Waals surface area contributed by atoms with Gasteiger partial charge in [-0.05, 0) is 67.7 Å². The number of aryl methyl sites for hydroxylation is 2. The van der Waals surface area contributed by atoms with Gasteiger partial charge >= 0.3 is 5.82 Å². The monoisotopic (exact) mass is 421 g/mol. The predicted molar refractivity (Wildman–Crippen MR) is 117 cm³/mol. The van der Waals surface area contributed by atoms with Crippen molar-refractivity contribution in [3.8, 4) is 10.6 Å². The van der Waals surface area contributed by atoms with Crippen molar-refractivity contribution in [3.05, 3.63) is 69.9 Å². The molecule has 0 saturated heterocycles. The normalized spacial score (nSPS) is 12.1. The number of fused-ring (bicyclic) bond motifs is 1. The van der Waals surface area contributed by atoms with Gasteiger partial charge in [0.1, 0.15) is 11.0 Å². The molecule has 0 aliphatic heterocycles. The van der Waals surface area contributed by atoms with Crippen LogP contribution in [0.4, 0.5) is 11.5 Å². The number of carbonyl (C=O) groups excluding carboxylic acids is 1. The topological polar surface area (TPSA) is 103 Å². The number of hydrogen-bond acceptors (Lipinski definition) is 6. The first kappa shape index (κ1) is 19.7. The quantitative estimate of drug-likeness (QED) is 0.365. The Labute approximate surface area is 176 Å². The number of hydrogen-bond donors (Lipinski definition) is 1. The fourth-order valence-electron chi connectivity index (χ4n) is 3.16. The van der Waals surface area contributed by atoms with E-state index in [1.165, 1.54) is 16.3 Å². The van der Waals surface area contributed by atoms with Crippen molar-refractivity contribution in [2.24, 2.45) is 0 Å². The van der Waals surface area contributed by atoms with E-state index in [-0.39, 0.29) is 11.7 Å². The minimum atomic E-state index is -0.689. The summed E-state index contributed by atoms with van der Waals surface area (Å²) < 4.78 is 2.49. The van der Waals surface area contributed by atoms with Crippen LogP contribution in [0.25, 0.3) is 20.8 Å². The lowest BCUT2D eigenvalue weighted by Crippen LogP contribution is -2.25. The van der Waals surface area contributed by atoms with Gasteiger partial charge in [-0.15, -0.1) is 11.3 Å². The van der Waals surface area contributed by atoms with E-state index in [2.05, 4.69) is 28.4 Å². The zero-order valence-electron chi connectivity index (χ0n) is 16.6. The van der Waals surface area contributed by atoms with Crippen molar-refractivity contribution in [1.29, 1.82) is 0 Å². The number of benzene rings is 2. The van der Waals surface area contributed by atoms with Gasteiger partial charge in [0.2, 0.25) is 0 Å². The zero-order chi connectivity index (χ0) is 21.4. The number of rotatable bonds is 5. The molecule has 8 nitrogen and oxygen atoms in total. The van der Waals surface area contributed by atoms with Crippen LogP contribution >= 0.6 is 11.3 Å². The molecule has 2 aromatic carbocycles. The Morgan fingerprint density at radius 1 is 1.17 bits per heavy atom. The van der Waals surface area contributed by atoms with Crippen molar-refractivity contribution in [1.82, 2.24) is 14.8 Å². The summed E-state index contributed by atoms with van der Waals surface area (Å²) in [5.41, 5.74) is 4.31. The SMILES string of the molecule is Cc1ccc2nc(-c3ccc(NC(=O)C(C)n4nc([N+](=O)[O-])cc4C)cc3)sc2c1. The van der Waals surface area contributed by atoms with Gasteiger partial charge < -0.3 is 15.4 Å². The molecule has 0 bridgehead atoms. The standard InChI is InChI=1S/C21H19N5O3S/c1-12-4-9-17-18(10-12)30-21(23-17)15-5-7-16(8-6-15)22-20(27)14(3)25-13(2)11-19(24-25)26(28)29/h4-11,14H,1-3H3,(H,22,27). The molecule has 0 saturated carbocycles. The Morgan fingerprint density at radius 3 is 2.57 bits per heavy atom. The highest BCUT2D eigenvalue weighted by Gasteiger charge is 2.24. The number of nitrogens with zero attached hydrogens (tertiary/aromatic N) is 4. The minimum absolute atomic E-state index is 0.275. The fourth-order valence-corrected chi connectivity index (χ4v) is 4.23. The lowest BCUT2D eigenvalue weighted by Gasteiger charge is -2.11. The maximum Gasteiger partial charge on any atom is 0.390 e. The molecular formula is C21H19N5O3S. The van der Waals surface area contributed by atoms with Crippen molar-refractivity contribution >= 4 is 39.0 Å². The van der Waals surface area contributed by atoms with E-state index in [0.29, 0.717) is 11.4 Å². The van der Waals surface area contributed by atoms with E-state index in [0.717, 1.165) is 20.8 Å². The van der Waals surface area contributed by atoms with Gasteiger partial charge in [-0.3, -0.25) is 4.79 Å². The second-order valence-corrected chi connectivity index (χ2v) is 8.11. The first-order valence-corrected chi connectivity index (χ1v) is 10.1. The summed E-state index contributed by atoms with van der Waals surface area (Å²) >= 11 is 1.63. The van der Waals surface area contributed by atoms with Crippen LogP contribution in [-0.4, -0.2) is 25.6 Å².